The third-order valence-corrected chi connectivity index (χ3v) is 4.97. The Balaban J connectivity index is 2.06. The van der Waals surface area contributed by atoms with Gasteiger partial charge in [-0.15, -0.1) is 0 Å². The zero-order chi connectivity index (χ0) is 16.3. The highest BCUT2D eigenvalue weighted by molar-refractivity contribution is 7.87. The van der Waals surface area contributed by atoms with Crippen LogP contribution in [0, 0.1) is 0 Å². The fourth-order valence-electron chi connectivity index (χ4n) is 2.24. The number of carbonyl (C=O) groups excluding carboxylic acids is 1. The van der Waals surface area contributed by atoms with Crippen LogP contribution in [0.5, 0.6) is 5.75 Å². The number of nitrogens with one attached hydrogen (secondary N) is 1. The van der Waals surface area contributed by atoms with Crippen LogP contribution in [0.1, 0.15) is 13.3 Å². The summed E-state index contributed by atoms with van der Waals surface area (Å²) in [5.41, 5.74) is 0.736. The average molecular weight is 327 g/mol. The smallest absolute Gasteiger partial charge is 0.279 e. The number of benzene rings is 1. The lowest BCUT2D eigenvalue weighted by Crippen LogP contribution is -2.43. The number of carbonyl (C=O) groups is 1. The van der Waals surface area contributed by atoms with Gasteiger partial charge < -0.3 is 9.64 Å². The second-order valence-electron chi connectivity index (χ2n) is 5.24. The van der Waals surface area contributed by atoms with Gasteiger partial charge in [-0.1, -0.05) is 0 Å². The Bertz CT molecular complexity index is 628. The summed E-state index contributed by atoms with van der Waals surface area (Å²) in [5, 5.41) is 0. The first kappa shape index (κ1) is 16.7. The number of nitrogens with zero attached hydrogens (tertiary/aromatic N) is 2. The van der Waals surface area contributed by atoms with Gasteiger partial charge in [0.05, 0.1) is 6.61 Å². The Morgan fingerprint density at radius 3 is 2.50 bits per heavy atom. The normalized spacial score (nSPS) is 19.0. The maximum absolute atomic E-state index is 12.1. The standard InChI is InChI=1S/C14H21N3O4S/c1-4-21-13-7-5-12(6-8-13)17-10-11(9-14(17)18)15-22(19,20)16(2)3/h5-8,11,15H,4,9-10H2,1-3H3/t11-/m0/s1. The molecule has 1 heterocycles. The van der Waals surface area contributed by atoms with E-state index in [4.69, 9.17) is 4.74 Å². The van der Waals surface area contributed by atoms with E-state index in [1.807, 2.05) is 6.92 Å². The molecule has 0 radical (unpaired) electrons. The molecule has 1 N–H and O–H groups in total. The number of ether oxygens (including phenoxy) is 1. The Morgan fingerprint density at radius 2 is 1.95 bits per heavy atom. The van der Waals surface area contributed by atoms with Crippen LogP contribution in [0.25, 0.3) is 0 Å². The third kappa shape index (κ3) is 3.76. The summed E-state index contributed by atoms with van der Waals surface area (Å²) in [6, 6.07) is 6.76. The van der Waals surface area contributed by atoms with Crippen molar-refractivity contribution in [1.82, 2.24) is 9.03 Å². The zero-order valence-electron chi connectivity index (χ0n) is 12.9. The van der Waals surface area contributed by atoms with Crippen LogP contribution in [0.3, 0.4) is 0 Å². The molecule has 1 amide bonds. The molecule has 1 fully saturated rings. The first-order valence-corrected chi connectivity index (χ1v) is 8.50. The van der Waals surface area contributed by atoms with E-state index in [1.54, 1.807) is 29.2 Å². The van der Waals surface area contributed by atoms with Gasteiger partial charge in [0.25, 0.3) is 10.2 Å². The van der Waals surface area contributed by atoms with E-state index >= 15 is 0 Å². The summed E-state index contributed by atoms with van der Waals surface area (Å²) in [7, 11) is -0.645. The topological polar surface area (TPSA) is 79.0 Å². The van der Waals surface area contributed by atoms with Crippen molar-refractivity contribution in [2.45, 2.75) is 19.4 Å². The Hall–Kier alpha value is -1.64. The van der Waals surface area contributed by atoms with Crippen molar-refractivity contribution in [2.75, 3.05) is 32.1 Å². The molecular formula is C14H21N3O4S. The van der Waals surface area contributed by atoms with Gasteiger partial charge >= 0.3 is 0 Å². The second-order valence-corrected chi connectivity index (χ2v) is 7.15. The van der Waals surface area contributed by atoms with E-state index in [1.165, 1.54) is 14.1 Å². The minimum atomic E-state index is -3.54. The second kappa shape index (κ2) is 6.64. The lowest BCUT2D eigenvalue weighted by atomic mass is 10.3. The van der Waals surface area contributed by atoms with Crippen LogP contribution in [0.15, 0.2) is 24.3 Å². The van der Waals surface area contributed by atoms with Crippen molar-refractivity contribution in [1.29, 1.82) is 0 Å². The SMILES string of the molecule is CCOc1ccc(N2C[C@@H](NS(=O)(=O)N(C)C)CC2=O)cc1. The predicted octanol–water partition coefficient (Wildman–Crippen LogP) is 0.587. The van der Waals surface area contributed by atoms with Crippen LogP contribution in [0.2, 0.25) is 0 Å². The van der Waals surface area contributed by atoms with Crippen molar-refractivity contribution >= 4 is 21.8 Å². The molecule has 22 heavy (non-hydrogen) atoms. The minimum absolute atomic E-state index is 0.101. The van der Waals surface area contributed by atoms with Crippen molar-refractivity contribution < 1.29 is 17.9 Å². The lowest BCUT2D eigenvalue weighted by Gasteiger charge is -2.19. The van der Waals surface area contributed by atoms with Gasteiger partial charge in [-0.25, -0.2) is 0 Å². The fraction of sp³-hybridized carbons (Fsp3) is 0.500. The van der Waals surface area contributed by atoms with Gasteiger partial charge in [-0.05, 0) is 31.2 Å². The van der Waals surface area contributed by atoms with Crippen LogP contribution in [-0.4, -0.2) is 51.9 Å². The van der Waals surface area contributed by atoms with E-state index in [0.717, 1.165) is 15.7 Å². The van der Waals surface area contributed by atoms with Crippen LogP contribution in [-0.2, 0) is 15.0 Å². The molecule has 0 aromatic heterocycles. The molecule has 1 saturated heterocycles. The molecule has 0 saturated carbocycles. The minimum Gasteiger partial charge on any atom is -0.494 e. The first-order chi connectivity index (χ1) is 10.3. The highest BCUT2D eigenvalue weighted by atomic mass is 32.2. The molecule has 0 spiro atoms. The first-order valence-electron chi connectivity index (χ1n) is 7.06. The molecular weight excluding hydrogens is 306 g/mol. The Kier molecular flexibility index (Phi) is 5.05. The summed E-state index contributed by atoms with van der Waals surface area (Å²) in [4.78, 5) is 13.7. The number of rotatable bonds is 6. The van der Waals surface area contributed by atoms with Crippen molar-refractivity contribution in [3.63, 3.8) is 0 Å². The third-order valence-electron chi connectivity index (χ3n) is 3.38. The Labute approximate surface area is 131 Å². The van der Waals surface area contributed by atoms with Crippen molar-refractivity contribution in [3.8, 4) is 5.75 Å². The molecule has 1 aliphatic rings. The molecule has 1 aromatic carbocycles. The van der Waals surface area contributed by atoms with Gasteiger partial charge in [0.2, 0.25) is 5.91 Å². The maximum Gasteiger partial charge on any atom is 0.279 e. The summed E-state index contributed by atoms with van der Waals surface area (Å²) in [5.74, 6) is 0.637. The van der Waals surface area contributed by atoms with Crippen LogP contribution < -0.4 is 14.4 Å². The molecule has 8 heteroatoms. The summed E-state index contributed by atoms with van der Waals surface area (Å²) < 4.78 is 32.6. The highest BCUT2D eigenvalue weighted by Crippen LogP contribution is 2.24. The summed E-state index contributed by atoms with van der Waals surface area (Å²) >= 11 is 0. The quantitative estimate of drug-likeness (QED) is 0.829. The molecule has 1 aromatic rings. The number of hydrogen-bond acceptors (Lipinski definition) is 4. The molecule has 1 aliphatic heterocycles. The maximum atomic E-state index is 12.1. The zero-order valence-corrected chi connectivity index (χ0v) is 13.8. The van der Waals surface area contributed by atoms with Crippen LogP contribution in [0.4, 0.5) is 5.69 Å². The fourth-order valence-corrected chi connectivity index (χ4v) is 3.03. The summed E-state index contributed by atoms with van der Waals surface area (Å²) in [6.45, 7) is 2.80. The van der Waals surface area contributed by atoms with Crippen molar-refractivity contribution in [2.24, 2.45) is 0 Å². The largest absolute Gasteiger partial charge is 0.494 e. The van der Waals surface area contributed by atoms with Crippen molar-refractivity contribution in [3.05, 3.63) is 24.3 Å². The van der Waals surface area contributed by atoms with E-state index in [0.29, 0.717) is 13.2 Å². The molecule has 1 atom stereocenters. The summed E-state index contributed by atoms with van der Waals surface area (Å²) in [6.07, 6.45) is 0.153. The number of amides is 1. The molecule has 0 unspecified atom stereocenters. The Morgan fingerprint density at radius 1 is 1.32 bits per heavy atom. The van der Waals surface area contributed by atoms with E-state index in [2.05, 4.69) is 4.72 Å². The van der Waals surface area contributed by atoms with E-state index in [-0.39, 0.29) is 12.3 Å². The monoisotopic (exact) mass is 327 g/mol. The highest BCUT2D eigenvalue weighted by Gasteiger charge is 2.33. The average Bonchev–Trinajstić information content (AvgIpc) is 2.80. The van der Waals surface area contributed by atoms with Crippen LogP contribution >= 0.6 is 0 Å². The van der Waals surface area contributed by atoms with Gasteiger partial charge in [0.15, 0.2) is 0 Å². The molecule has 0 aliphatic carbocycles. The lowest BCUT2D eigenvalue weighted by molar-refractivity contribution is -0.117. The molecule has 2 rings (SSSR count). The molecule has 0 bridgehead atoms. The van der Waals surface area contributed by atoms with Gasteiger partial charge in [0.1, 0.15) is 5.75 Å². The van der Waals surface area contributed by atoms with E-state index < -0.39 is 16.3 Å². The number of hydrogen-bond donors (Lipinski definition) is 1. The van der Waals surface area contributed by atoms with Gasteiger partial charge in [0, 0.05) is 38.8 Å². The van der Waals surface area contributed by atoms with Gasteiger partial charge in [-0.2, -0.15) is 17.4 Å². The van der Waals surface area contributed by atoms with Gasteiger partial charge in [-0.3, -0.25) is 4.79 Å². The predicted molar refractivity (Wildman–Crippen MR) is 84.1 cm³/mol. The molecule has 122 valence electrons. The molecule has 7 nitrogen and oxygen atoms in total. The van der Waals surface area contributed by atoms with E-state index in [9.17, 15) is 13.2 Å². The number of anilines is 1.